The van der Waals surface area contributed by atoms with Crippen LogP contribution in [-0.4, -0.2) is 16.3 Å². The van der Waals surface area contributed by atoms with Crippen LogP contribution in [0.25, 0.3) is 0 Å². The van der Waals surface area contributed by atoms with Crippen molar-refractivity contribution in [1.29, 1.82) is 0 Å². The summed E-state index contributed by atoms with van der Waals surface area (Å²) in [6.45, 7) is 0.409. The number of aryl methyl sites for hydroxylation is 1. The van der Waals surface area contributed by atoms with Crippen LogP contribution in [0.1, 0.15) is 36.9 Å². The normalized spacial score (nSPS) is 19.1. The van der Waals surface area contributed by atoms with E-state index in [0.29, 0.717) is 18.5 Å². The van der Waals surface area contributed by atoms with E-state index in [1.807, 2.05) is 0 Å². The summed E-state index contributed by atoms with van der Waals surface area (Å²) in [6.07, 6.45) is 0.233. The van der Waals surface area contributed by atoms with Gasteiger partial charge in [0.2, 0.25) is 0 Å². The van der Waals surface area contributed by atoms with Crippen LogP contribution in [0.2, 0.25) is 0 Å². The maximum absolute atomic E-state index is 12.9. The Hall–Kier alpha value is -1.04. The Morgan fingerprint density at radius 1 is 1.47 bits per heavy atom. The first kappa shape index (κ1) is 12.4. The Bertz CT molecular complexity index is 405. The van der Waals surface area contributed by atoms with E-state index in [1.165, 1.54) is 17.9 Å². The van der Waals surface area contributed by atoms with Crippen molar-refractivity contribution in [3.8, 4) is 0 Å². The van der Waals surface area contributed by atoms with Gasteiger partial charge < -0.3 is 5.73 Å². The third-order valence-corrected chi connectivity index (χ3v) is 3.60. The molecule has 3 nitrogen and oxygen atoms in total. The predicted octanol–water partition coefficient (Wildman–Crippen LogP) is 2.21. The van der Waals surface area contributed by atoms with Gasteiger partial charge in [0.25, 0.3) is 0 Å². The van der Waals surface area contributed by atoms with Gasteiger partial charge in [0.15, 0.2) is 5.69 Å². The number of hydrogen-bond acceptors (Lipinski definition) is 2. The fourth-order valence-corrected chi connectivity index (χ4v) is 2.62. The molecule has 1 fully saturated rings. The number of rotatable bonds is 3. The summed E-state index contributed by atoms with van der Waals surface area (Å²) in [7, 11) is 1.52. The van der Waals surface area contributed by atoms with E-state index in [4.69, 9.17) is 5.73 Å². The van der Waals surface area contributed by atoms with E-state index in [0.717, 1.165) is 19.3 Å². The van der Waals surface area contributed by atoms with Gasteiger partial charge >= 0.3 is 6.18 Å². The van der Waals surface area contributed by atoms with Crippen molar-refractivity contribution in [2.45, 2.75) is 37.3 Å². The lowest BCUT2D eigenvalue weighted by Gasteiger charge is -2.42. The van der Waals surface area contributed by atoms with Gasteiger partial charge in [0, 0.05) is 24.2 Å². The second-order valence-electron chi connectivity index (χ2n) is 4.74. The highest BCUT2D eigenvalue weighted by molar-refractivity contribution is 5.32. The Labute approximate surface area is 97.8 Å². The highest BCUT2D eigenvalue weighted by Gasteiger charge is 2.47. The zero-order valence-electron chi connectivity index (χ0n) is 9.72. The third kappa shape index (κ3) is 2.06. The molecule has 0 aromatic carbocycles. The highest BCUT2D eigenvalue weighted by Crippen LogP contribution is 2.49. The molecule has 1 heterocycles. The number of hydrogen-bond donors (Lipinski definition) is 1. The largest absolute Gasteiger partial charge is 0.435 e. The van der Waals surface area contributed by atoms with E-state index < -0.39 is 17.3 Å². The van der Waals surface area contributed by atoms with Crippen LogP contribution in [-0.2, 0) is 18.6 Å². The minimum absolute atomic E-state index is 0.323. The van der Waals surface area contributed by atoms with E-state index in [-0.39, 0.29) is 0 Å². The predicted molar refractivity (Wildman–Crippen MR) is 57.4 cm³/mol. The lowest BCUT2D eigenvalue weighted by molar-refractivity contribution is -0.143. The molecule has 1 aliphatic rings. The lowest BCUT2D eigenvalue weighted by atomic mass is 9.62. The van der Waals surface area contributed by atoms with Gasteiger partial charge in [-0.05, 0) is 25.8 Å². The first-order valence-electron chi connectivity index (χ1n) is 5.70. The summed E-state index contributed by atoms with van der Waals surface area (Å²) < 4.78 is 39.9. The molecule has 2 rings (SSSR count). The molecule has 17 heavy (non-hydrogen) atoms. The van der Waals surface area contributed by atoms with Gasteiger partial charge in [-0.3, -0.25) is 4.68 Å². The van der Waals surface area contributed by atoms with Crippen LogP contribution in [0.5, 0.6) is 0 Å². The van der Waals surface area contributed by atoms with E-state index in [2.05, 4.69) is 5.10 Å². The molecule has 2 N–H and O–H groups in total. The second kappa shape index (κ2) is 4.01. The summed E-state index contributed by atoms with van der Waals surface area (Å²) in [5, 5.41) is 3.56. The minimum Gasteiger partial charge on any atom is -0.330 e. The van der Waals surface area contributed by atoms with Crippen molar-refractivity contribution < 1.29 is 13.2 Å². The standard InChI is InChI=1S/C11H16F3N3/c1-17-7-8(9(16-17)11(12,13)14)10(5-6-15)3-2-4-10/h7H,2-6,15H2,1H3. The SMILES string of the molecule is Cn1cc(C2(CCN)CCC2)c(C(F)(F)F)n1. The van der Waals surface area contributed by atoms with Crippen molar-refractivity contribution in [3.05, 3.63) is 17.5 Å². The van der Waals surface area contributed by atoms with Crippen molar-refractivity contribution in [1.82, 2.24) is 9.78 Å². The quantitative estimate of drug-likeness (QED) is 0.890. The van der Waals surface area contributed by atoms with Crippen LogP contribution in [0.4, 0.5) is 13.2 Å². The smallest absolute Gasteiger partial charge is 0.330 e. The summed E-state index contributed by atoms with van der Waals surface area (Å²) in [5.41, 5.74) is 4.70. The molecular formula is C11H16F3N3. The molecule has 1 aliphatic carbocycles. The lowest BCUT2D eigenvalue weighted by Crippen LogP contribution is -2.37. The van der Waals surface area contributed by atoms with E-state index in [1.54, 1.807) is 0 Å². The maximum Gasteiger partial charge on any atom is 0.435 e. The molecule has 1 aromatic heterocycles. The van der Waals surface area contributed by atoms with Crippen molar-refractivity contribution >= 4 is 0 Å². The van der Waals surface area contributed by atoms with E-state index in [9.17, 15) is 13.2 Å². The van der Waals surface area contributed by atoms with Crippen LogP contribution in [0, 0.1) is 0 Å². The molecule has 0 radical (unpaired) electrons. The topological polar surface area (TPSA) is 43.8 Å². The van der Waals surface area contributed by atoms with Gasteiger partial charge in [-0.1, -0.05) is 6.42 Å². The molecule has 0 bridgehead atoms. The Morgan fingerprint density at radius 2 is 2.12 bits per heavy atom. The summed E-state index contributed by atoms with van der Waals surface area (Å²) in [4.78, 5) is 0. The summed E-state index contributed by atoms with van der Waals surface area (Å²) >= 11 is 0. The molecular weight excluding hydrogens is 231 g/mol. The summed E-state index contributed by atoms with van der Waals surface area (Å²) in [5.74, 6) is 0. The average Bonchev–Trinajstić information content (AvgIpc) is 2.53. The van der Waals surface area contributed by atoms with Crippen molar-refractivity contribution in [3.63, 3.8) is 0 Å². The monoisotopic (exact) mass is 247 g/mol. The van der Waals surface area contributed by atoms with Crippen LogP contribution < -0.4 is 5.73 Å². The maximum atomic E-state index is 12.9. The number of aromatic nitrogens is 2. The Balaban J connectivity index is 2.43. The average molecular weight is 247 g/mol. The Kier molecular flexibility index (Phi) is 2.93. The molecule has 1 aromatic rings. The molecule has 0 atom stereocenters. The third-order valence-electron chi connectivity index (χ3n) is 3.60. The molecule has 1 saturated carbocycles. The highest BCUT2D eigenvalue weighted by atomic mass is 19.4. The fraction of sp³-hybridized carbons (Fsp3) is 0.727. The minimum atomic E-state index is -4.38. The fourth-order valence-electron chi connectivity index (χ4n) is 2.62. The molecule has 0 unspecified atom stereocenters. The number of nitrogens with two attached hydrogens (primary N) is 1. The van der Waals surface area contributed by atoms with Crippen LogP contribution >= 0.6 is 0 Å². The Morgan fingerprint density at radius 3 is 2.53 bits per heavy atom. The van der Waals surface area contributed by atoms with Crippen LogP contribution in [0.3, 0.4) is 0 Å². The first-order valence-corrected chi connectivity index (χ1v) is 5.70. The number of alkyl halides is 3. The molecule has 0 saturated heterocycles. The van der Waals surface area contributed by atoms with Crippen LogP contribution in [0.15, 0.2) is 6.20 Å². The van der Waals surface area contributed by atoms with Gasteiger partial charge in [0.1, 0.15) is 0 Å². The van der Waals surface area contributed by atoms with Gasteiger partial charge in [-0.15, -0.1) is 0 Å². The zero-order valence-corrected chi connectivity index (χ0v) is 9.72. The summed E-state index contributed by atoms with van der Waals surface area (Å²) in [6, 6.07) is 0. The zero-order chi connectivity index (χ0) is 12.7. The van der Waals surface area contributed by atoms with E-state index >= 15 is 0 Å². The number of halogens is 3. The molecule has 0 aliphatic heterocycles. The number of nitrogens with zero attached hydrogens (tertiary/aromatic N) is 2. The van der Waals surface area contributed by atoms with Crippen molar-refractivity contribution in [2.24, 2.45) is 12.8 Å². The molecule has 0 amide bonds. The van der Waals surface area contributed by atoms with Crippen molar-refractivity contribution in [2.75, 3.05) is 6.54 Å². The first-order chi connectivity index (χ1) is 7.89. The second-order valence-corrected chi connectivity index (χ2v) is 4.74. The molecule has 96 valence electrons. The molecule has 6 heteroatoms. The van der Waals surface area contributed by atoms with Gasteiger partial charge in [-0.25, -0.2) is 0 Å². The van der Waals surface area contributed by atoms with Gasteiger partial charge in [-0.2, -0.15) is 18.3 Å². The van der Waals surface area contributed by atoms with Gasteiger partial charge in [0.05, 0.1) is 0 Å². The molecule has 0 spiro atoms.